The van der Waals surface area contributed by atoms with Crippen LogP contribution in [0.3, 0.4) is 0 Å². The summed E-state index contributed by atoms with van der Waals surface area (Å²) >= 11 is 1.67. The summed E-state index contributed by atoms with van der Waals surface area (Å²) in [6.45, 7) is 8.60. The Bertz CT molecular complexity index is 535. The molecular formula is C11H17N5S. The van der Waals surface area contributed by atoms with Gasteiger partial charge in [0.05, 0.1) is 0 Å². The maximum atomic E-state index is 4.72. The van der Waals surface area contributed by atoms with Gasteiger partial charge in [-0.05, 0) is 13.0 Å². The first-order valence-electron chi connectivity index (χ1n) is 6.03. The molecule has 1 saturated heterocycles. The highest BCUT2D eigenvalue weighted by Gasteiger charge is 2.34. The summed E-state index contributed by atoms with van der Waals surface area (Å²) in [6.07, 6.45) is 1.15. The smallest absolute Gasteiger partial charge is 0.234 e. The van der Waals surface area contributed by atoms with Crippen LogP contribution in [0.25, 0.3) is 4.96 Å². The fraction of sp³-hybridized carbons (Fsp3) is 0.727. The monoisotopic (exact) mass is 251 g/mol. The number of nitrogens with one attached hydrogen (secondary N) is 1. The van der Waals surface area contributed by atoms with E-state index < -0.39 is 0 Å². The number of hydrogen-bond donors (Lipinski definition) is 1. The van der Waals surface area contributed by atoms with Crippen molar-refractivity contribution in [1.29, 1.82) is 0 Å². The summed E-state index contributed by atoms with van der Waals surface area (Å²) in [7, 11) is 0. The fourth-order valence-corrected chi connectivity index (χ4v) is 3.25. The van der Waals surface area contributed by atoms with Crippen molar-refractivity contribution in [3.63, 3.8) is 0 Å². The van der Waals surface area contributed by atoms with Crippen LogP contribution in [0, 0.1) is 0 Å². The van der Waals surface area contributed by atoms with Crippen molar-refractivity contribution in [3.05, 3.63) is 10.8 Å². The molecule has 1 atom stereocenters. The maximum absolute atomic E-state index is 4.72. The third-order valence-electron chi connectivity index (χ3n) is 3.42. The quantitative estimate of drug-likeness (QED) is 0.880. The summed E-state index contributed by atoms with van der Waals surface area (Å²) < 4.78 is 1.91. The molecule has 0 bridgehead atoms. The molecule has 0 amide bonds. The van der Waals surface area contributed by atoms with Gasteiger partial charge in [0, 0.05) is 17.9 Å². The molecule has 5 nitrogen and oxygen atoms in total. The summed E-state index contributed by atoms with van der Waals surface area (Å²) in [5, 5.41) is 17.7. The van der Waals surface area contributed by atoms with Gasteiger partial charge in [-0.1, -0.05) is 32.1 Å². The second kappa shape index (κ2) is 3.74. The predicted molar refractivity (Wildman–Crippen MR) is 67.6 cm³/mol. The van der Waals surface area contributed by atoms with Crippen molar-refractivity contribution in [2.45, 2.75) is 38.5 Å². The second-order valence-electron chi connectivity index (χ2n) is 5.30. The van der Waals surface area contributed by atoms with Crippen LogP contribution in [0.15, 0.2) is 0 Å². The fourth-order valence-electron chi connectivity index (χ4n) is 2.24. The Morgan fingerprint density at radius 2 is 2.24 bits per heavy atom. The lowest BCUT2D eigenvalue weighted by molar-refractivity contribution is 0.511. The van der Waals surface area contributed by atoms with Crippen LogP contribution >= 0.6 is 11.3 Å². The molecule has 1 aliphatic heterocycles. The first-order valence-corrected chi connectivity index (χ1v) is 6.85. The Labute approximate surface area is 104 Å². The van der Waals surface area contributed by atoms with E-state index >= 15 is 0 Å². The minimum atomic E-state index is 0.166. The van der Waals surface area contributed by atoms with Gasteiger partial charge in [-0.2, -0.15) is 9.61 Å². The number of rotatable bonds is 2. The summed E-state index contributed by atoms with van der Waals surface area (Å²) in [4.78, 5) is 0.914. The third-order valence-corrected chi connectivity index (χ3v) is 4.62. The number of aromatic nitrogens is 4. The SMILES string of the molecule is CC(C)c1nnc2sc(C3(C)CCNC3)nn12. The summed E-state index contributed by atoms with van der Waals surface area (Å²) in [5.41, 5.74) is 0.166. The van der Waals surface area contributed by atoms with Gasteiger partial charge in [-0.25, -0.2) is 0 Å². The molecule has 3 rings (SSSR count). The number of fused-ring (bicyclic) bond motifs is 1. The largest absolute Gasteiger partial charge is 0.316 e. The molecule has 1 fully saturated rings. The average molecular weight is 251 g/mol. The van der Waals surface area contributed by atoms with Gasteiger partial charge in [0.2, 0.25) is 4.96 Å². The lowest BCUT2D eigenvalue weighted by Crippen LogP contribution is -2.25. The van der Waals surface area contributed by atoms with E-state index in [1.807, 2.05) is 4.52 Å². The Balaban J connectivity index is 2.07. The van der Waals surface area contributed by atoms with Crippen molar-refractivity contribution < 1.29 is 0 Å². The zero-order valence-electron chi connectivity index (χ0n) is 10.4. The normalized spacial score (nSPS) is 25.2. The minimum Gasteiger partial charge on any atom is -0.316 e. The zero-order chi connectivity index (χ0) is 12.0. The minimum absolute atomic E-state index is 0.166. The molecule has 0 saturated carbocycles. The predicted octanol–water partition coefficient (Wildman–Crippen LogP) is 1.56. The van der Waals surface area contributed by atoms with Gasteiger partial charge in [0.15, 0.2) is 5.82 Å². The molecule has 2 aromatic heterocycles. The molecule has 0 aliphatic carbocycles. The molecule has 1 unspecified atom stereocenters. The van der Waals surface area contributed by atoms with Crippen LogP contribution in [0.1, 0.15) is 43.9 Å². The third kappa shape index (κ3) is 1.66. The molecule has 0 radical (unpaired) electrons. The molecule has 3 heterocycles. The topological polar surface area (TPSA) is 55.1 Å². The van der Waals surface area contributed by atoms with Crippen molar-refractivity contribution >= 4 is 16.3 Å². The standard InChI is InChI=1S/C11H17N5S/c1-7(2)8-13-14-10-16(8)15-9(17-10)11(3)4-5-12-6-11/h7,12H,4-6H2,1-3H3. The van der Waals surface area contributed by atoms with Crippen molar-refractivity contribution in [3.8, 4) is 0 Å². The molecule has 0 spiro atoms. The van der Waals surface area contributed by atoms with E-state index in [2.05, 4.69) is 36.3 Å². The van der Waals surface area contributed by atoms with Gasteiger partial charge in [-0.3, -0.25) is 0 Å². The number of nitrogens with zero attached hydrogens (tertiary/aromatic N) is 4. The van der Waals surface area contributed by atoms with E-state index in [9.17, 15) is 0 Å². The van der Waals surface area contributed by atoms with Gasteiger partial charge in [0.1, 0.15) is 5.01 Å². The summed E-state index contributed by atoms with van der Waals surface area (Å²) in [5.74, 6) is 1.31. The molecule has 1 aliphatic rings. The van der Waals surface area contributed by atoms with Crippen LogP contribution < -0.4 is 5.32 Å². The van der Waals surface area contributed by atoms with Crippen LogP contribution in [-0.2, 0) is 5.41 Å². The molecular weight excluding hydrogens is 234 g/mol. The molecule has 17 heavy (non-hydrogen) atoms. The Morgan fingerprint density at radius 3 is 2.88 bits per heavy atom. The maximum Gasteiger partial charge on any atom is 0.234 e. The van der Waals surface area contributed by atoms with Gasteiger partial charge < -0.3 is 5.32 Å². The highest BCUT2D eigenvalue weighted by molar-refractivity contribution is 7.16. The van der Waals surface area contributed by atoms with Crippen molar-refractivity contribution in [2.24, 2.45) is 0 Å². The van der Waals surface area contributed by atoms with E-state index in [-0.39, 0.29) is 5.41 Å². The molecule has 2 aromatic rings. The Hall–Kier alpha value is -1.01. The Kier molecular flexibility index (Phi) is 2.45. The van der Waals surface area contributed by atoms with Crippen LogP contribution in [0.2, 0.25) is 0 Å². The molecule has 92 valence electrons. The molecule has 0 aromatic carbocycles. The first-order chi connectivity index (χ1) is 8.10. The van der Waals surface area contributed by atoms with Gasteiger partial charge >= 0.3 is 0 Å². The van der Waals surface area contributed by atoms with E-state index in [1.54, 1.807) is 11.3 Å². The van der Waals surface area contributed by atoms with E-state index in [0.29, 0.717) is 5.92 Å². The van der Waals surface area contributed by atoms with Gasteiger partial charge in [0.25, 0.3) is 0 Å². The molecule has 6 heteroatoms. The lowest BCUT2D eigenvalue weighted by Gasteiger charge is -2.17. The number of hydrogen-bond acceptors (Lipinski definition) is 5. The van der Waals surface area contributed by atoms with Gasteiger partial charge in [-0.15, -0.1) is 10.2 Å². The summed E-state index contributed by atoms with van der Waals surface area (Å²) in [6, 6.07) is 0. The zero-order valence-corrected chi connectivity index (χ0v) is 11.2. The van der Waals surface area contributed by atoms with Crippen LogP contribution in [0.5, 0.6) is 0 Å². The lowest BCUT2D eigenvalue weighted by atomic mass is 9.91. The average Bonchev–Trinajstić information content (AvgIpc) is 2.89. The van der Waals surface area contributed by atoms with Crippen molar-refractivity contribution in [1.82, 2.24) is 25.1 Å². The first kappa shape index (κ1) is 11.1. The van der Waals surface area contributed by atoms with Crippen molar-refractivity contribution in [2.75, 3.05) is 13.1 Å². The van der Waals surface area contributed by atoms with Crippen LogP contribution in [-0.4, -0.2) is 32.9 Å². The highest BCUT2D eigenvalue weighted by atomic mass is 32.1. The van der Waals surface area contributed by atoms with Crippen LogP contribution in [0.4, 0.5) is 0 Å². The van der Waals surface area contributed by atoms with E-state index in [0.717, 1.165) is 30.3 Å². The van der Waals surface area contributed by atoms with E-state index in [4.69, 9.17) is 5.10 Å². The molecule has 1 N–H and O–H groups in total. The highest BCUT2D eigenvalue weighted by Crippen LogP contribution is 2.33. The Morgan fingerprint density at radius 1 is 1.41 bits per heavy atom. The second-order valence-corrected chi connectivity index (χ2v) is 6.26. The van der Waals surface area contributed by atoms with E-state index in [1.165, 1.54) is 5.01 Å².